The van der Waals surface area contributed by atoms with Crippen molar-refractivity contribution in [3.8, 4) is 0 Å². The van der Waals surface area contributed by atoms with Crippen LogP contribution in [0.3, 0.4) is 0 Å². The number of carbonyl (C=O) groups is 1. The van der Waals surface area contributed by atoms with Gasteiger partial charge in [-0.15, -0.1) is 0 Å². The molecule has 0 heterocycles. The Morgan fingerprint density at radius 3 is 1.48 bits per heavy atom. The van der Waals surface area contributed by atoms with Gasteiger partial charge in [0.05, 0.1) is 3.57 Å². The zero-order valence-electron chi connectivity index (χ0n) is 20.1. The van der Waals surface area contributed by atoms with E-state index in [-0.39, 0.29) is 9.35 Å². The van der Waals surface area contributed by atoms with Gasteiger partial charge in [-0.2, -0.15) is 8.42 Å². The average molecular weight is 599 g/mol. The Morgan fingerprint density at radius 1 is 0.727 bits per heavy atom. The molecule has 0 bridgehead atoms. The number of Topliss-reactive ketones (excluding diaryl/α,β-unsaturated/α-hetero) is 1. The Kier molecular flexibility index (Phi) is 19.9. The summed E-state index contributed by atoms with van der Waals surface area (Å²) in [6.45, 7) is 2.27. The lowest BCUT2D eigenvalue weighted by atomic mass is 10.0. The molecule has 0 spiro atoms. The third-order valence-corrected chi connectivity index (χ3v) is 7.24. The van der Waals surface area contributed by atoms with Crippen molar-refractivity contribution < 1.29 is 19.4 Å². The molecule has 0 unspecified atom stereocenters. The first-order chi connectivity index (χ1) is 15.7. The van der Waals surface area contributed by atoms with Gasteiger partial charge in [-0.3, -0.25) is 4.79 Å². The van der Waals surface area contributed by atoms with Gasteiger partial charge in [0.15, 0.2) is 5.78 Å². The lowest BCUT2D eigenvalue weighted by molar-refractivity contribution is 0.0978. The highest BCUT2D eigenvalue weighted by atomic mass is 127. The Labute approximate surface area is 207 Å². The van der Waals surface area contributed by atoms with E-state index in [4.69, 9.17) is 0 Å². The van der Waals surface area contributed by atoms with Crippen LogP contribution in [0, 0.1) is 3.57 Å². The third-order valence-electron chi connectivity index (χ3n) is 5.35. The molecular weight excluding hydrogens is 555 g/mol. The molecule has 0 aliphatic carbocycles. The van der Waals surface area contributed by atoms with Crippen LogP contribution < -0.4 is 10.3 Å². The van der Waals surface area contributed by atoms with E-state index in [9.17, 15) is 19.4 Å². The molecule has 33 heavy (non-hydrogen) atoms. The average Bonchev–Trinajstić information content (AvgIpc) is 2.75. The van der Waals surface area contributed by atoms with Crippen LogP contribution in [0.5, 0.6) is 0 Å². The zero-order valence-corrected chi connectivity index (χ0v) is 23.1. The number of hydrogen-bond donors (Lipinski definition) is 2. The molecule has 1 aromatic rings. The quantitative estimate of drug-likeness (QED) is 0.111. The topological polar surface area (TPSA) is 137 Å². The SMILES string of the molecule is CCCCCCCCCCCCCCCCCC(=O)c1ccccc1I(=O)=O.NS(N)(=O)=O. The predicted octanol–water partition coefficient (Wildman–Crippen LogP) is 6.65. The molecule has 0 aliphatic heterocycles. The number of carbonyl (C=O) groups excluding carboxylic acids is 1. The molecule has 0 saturated carbocycles. The van der Waals surface area contributed by atoms with Crippen molar-refractivity contribution in [2.45, 2.75) is 110 Å². The molecule has 192 valence electrons. The molecular formula is C24H43IN2O5S. The van der Waals surface area contributed by atoms with E-state index in [1.807, 2.05) is 0 Å². The second-order valence-electron chi connectivity index (χ2n) is 8.41. The molecule has 0 amide bonds. The summed E-state index contributed by atoms with van der Waals surface area (Å²) in [7, 11) is -3.67. The van der Waals surface area contributed by atoms with Crippen molar-refractivity contribution in [3.63, 3.8) is 0 Å². The second kappa shape index (κ2) is 20.5. The largest absolute Gasteiger partial charge is 0.341 e. The minimum Gasteiger partial charge on any atom is -0.294 e. The molecule has 0 saturated heterocycles. The van der Waals surface area contributed by atoms with Crippen molar-refractivity contribution >= 4 is 35.8 Å². The molecule has 0 aliphatic rings. The van der Waals surface area contributed by atoms with Crippen LogP contribution in [0.15, 0.2) is 24.3 Å². The molecule has 9 heteroatoms. The van der Waals surface area contributed by atoms with E-state index in [2.05, 4.69) is 17.2 Å². The number of unbranched alkanes of at least 4 members (excludes halogenated alkanes) is 14. The molecule has 1 rings (SSSR count). The molecule has 4 N–H and O–H groups in total. The summed E-state index contributed by atoms with van der Waals surface area (Å²) in [5.41, 5.74) is 0.392. The molecule has 0 aromatic heterocycles. The standard InChI is InChI=1S/C24H39IO3.H4N2O2S/c1-2-3-4-5-6-7-8-9-10-11-12-13-14-15-16-21-24(26)22-19-17-18-20-23(22)25(27)28;1-5(2,3)4/h17-20H,2-16,21H2,1H3;(H4,1,2,3,4). The maximum Gasteiger partial charge on any atom is 0.341 e. The van der Waals surface area contributed by atoms with E-state index in [1.165, 1.54) is 83.5 Å². The first-order valence-corrected chi connectivity index (χ1v) is 16.6. The summed E-state index contributed by atoms with van der Waals surface area (Å²) in [6, 6.07) is 6.61. The maximum absolute atomic E-state index is 12.3. The second-order valence-corrected chi connectivity index (χ2v) is 12.0. The molecule has 1 aromatic carbocycles. The number of rotatable bonds is 18. The monoisotopic (exact) mass is 598 g/mol. The predicted molar refractivity (Wildman–Crippen MR) is 142 cm³/mol. The Hall–Kier alpha value is -0.910. The fourth-order valence-electron chi connectivity index (χ4n) is 3.61. The highest BCUT2D eigenvalue weighted by molar-refractivity contribution is 14.2. The van der Waals surface area contributed by atoms with E-state index >= 15 is 0 Å². The van der Waals surface area contributed by atoms with Gasteiger partial charge in [0.2, 0.25) is 0 Å². The number of ketones is 1. The fourth-order valence-corrected chi connectivity index (χ4v) is 5.07. The van der Waals surface area contributed by atoms with Gasteiger partial charge in [-0.1, -0.05) is 115 Å². The van der Waals surface area contributed by atoms with Crippen LogP contribution >= 0.6 is 19.8 Å². The Morgan fingerprint density at radius 2 is 1.09 bits per heavy atom. The zero-order chi connectivity index (χ0) is 25.0. The Bertz CT molecular complexity index is 810. The van der Waals surface area contributed by atoms with E-state index < -0.39 is 30.0 Å². The van der Waals surface area contributed by atoms with Crippen LogP contribution in [0.2, 0.25) is 0 Å². The number of halogens is 1. The third kappa shape index (κ3) is 21.4. The van der Waals surface area contributed by atoms with Crippen LogP contribution in [-0.2, 0) is 16.3 Å². The van der Waals surface area contributed by atoms with Crippen LogP contribution in [0.1, 0.15) is 120 Å². The van der Waals surface area contributed by atoms with Gasteiger partial charge < -0.3 is 0 Å². The van der Waals surface area contributed by atoms with Crippen LogP contribution in [-0.4, -0.2) is 14.2 Å². The van der Waals surface area contributed by atoms with Gasteiger partial charge in [0.1, 0.15) is 0 Å². The molecule has 7 nitrogen and oxygen atoms in total. The first-order valence-electron chi connectivity index (χ1n) is 12.1. The first kappa shape index (κ1) is 32.1. The van der Waals surface area contributed by atoms with E-state index in [1.54, 1.807) is 24.3 Å². The summed E-state index contributed by atoms with van der Waals surface area (Å²) in [6.07, 6.45) is 19.9. The van der Waals surface area contributed by atoms with Crippen molar-refractivity contribution in [1.29, 1.82) is 0 Å². The summed E-state index contributed by atoms with van der Waals surface area (Å²) in [4.78, 5) is 12.3. The summed E-state index contributed by atoms with van der Waals surface area (Å²) in [5, 5.41) is 8.21. The lowest BCUT2D eigenvalue weighted by Crippen LogP contribution is -2.21. The minimum atomic E-state index is -3.67. The molecule has 0 radical (unpaired) electrons. The lowest BCUT2D eigenvalue weighted by Gasteiger charge is -2.04. The van der Waals surface area contributed by atoms with Gasteiger partial charge in [-0.05, 0) is 12.5 Å². The number of nitrogens with two attached hydrogens (primary N) is 2. The van der Waals surface area contributed by atoms with Crippen molar-refractivity contribution in [2.75, 3.05) is 0 Å². The summed E-state index contributed by atoms with van der Waals surface area (Å²) >= 11 is -3.60. The van der Waals surface area contributed by atoms with Crippen molar-refractivity contribution in [3.05, 3.63) is 33.4 Å². The fraction of sp³-hybridized carbons (Fsp3) is 0.708. The van der Waals surface area contributed by atoms with E-state index in [0.717, 1.165) is 12.8 Å². The van der Waals surface area contributed by atoms with Gasteiger partial charge >= 0.3 is 19.8 Å². The molecule has 0 fully saturated rings. The van der Waals surface area contributed by atoms with Gasteiger partial charge in [0.25, 0.3) is 10.2 Å². The molecule has 0 atom stereocenters. The van der Waals surface area contributed by atoms with Crippen molar-refractivity contribution in [1.82, 2.24) is 0 Å². The van der Waals surface area contributed by atoms with Gasteiger partial charge in [0, 0.05) is 12.0 Å². The minimum absolute atomic E-state index is 0.0284. The summed E-state index contributed by atoms with van der Waals surface area (Å²) in [5.74, 6) is -0.0284. The highest BCUT2D eigenvalue weighted by Gasteiger charge is 2.13. The maximum atomic E-state index is 12.3. The van der Waals surface area contributed by atoms with Gasteiger partial charge in [-0.25, -0.2) is 16.4 Å². The van der Waals surface area contributed by atoms with Crippen LogP contribution in [0.25, 0.3) is 0 Å². The van der Waals surface area contributed by atoms with E-state index in [0.29, 0.717) is 12.0 Å². The highest BCUT2D eigenvalue weighted by Crippen LogP contribution is 2.23. The van der Waals surface area contributed by atoms with Crippen LogP contribution in [0.4, 0.5) is 0 Å². The van der Waals surface area contributed by atoms with Crippen molar-refractivity contribution in [2.24, 2.45) is 10.3 Å². The summed E-state index contributed by atoms with van der Waals surface area (Å²) < 4.78 is 41.3. The Balaban J connectivity index is 0.00000184. The smallest absolute Gasteiger partial charge is 0.294 e. The number of benzene rings is 1. The number of hydrogen-bond acceptors (Lipinski definition) is 5. The normalized spacial score (nSPS) is 11.3.